The zero-order chi connectivity index (χ0) is 22.9. The fraction of sp³-hybridized carbons (Fsp3) is 0.200. The van der Waals surface area contributed by atoms with Crippen LogP contribution < -0.4 is 5.56 Å². The standard InChI is InChI=1S/C25H22N4O3S/c1-28(12-7-13-29-24(31)17-10-5-6-11-18(17)25(29)32)14-20-26-22(30)21-19(15-33-23(21)27-20)16-8-3-2-4-9-16/h2-6,8-11,15H,7,12-14H2,1H3,(H,26,27,30). The summed E-state index contributed by atoms with van der Waals surface area (Å²) in [7, 11) is 1.93. The molecule has 2 aromatic carbocycles. The monoisotopic (exact) mass is 458 g/mol. The molecule has 0 spiro atoms. The van der Waals surface area contributed by atoms with Crippen LogP contribution >= 0.6 is 11.3 Å². The first-order chi connectivity index (χ1) is 16.0. The summed E-state index contributed by atoms with van der Waals surface area (Å²) in [4.78, 5) is 49.4. The second kappa shape index (κ2) is 8.73. The lowest BCUT2D eigenvalue weighted by molar-refractivity contribution is 0.0648. The van der Waals surface area contributed by atoms with E-state index in [0.717, 1.165) is 11.1 Å². The topological polar surface area (TPSA) is 86.4 Å². The normalized spacial score (nSPS) is 13.3. The molecule has 0 radical (unpaired) electrons. The third-order valence-corrected chi connectivity index (χ3v) is 6.67. The summed E-state index contributed by atoms with van der Waals surface area (Å²) in [6.07, 6.45) is 0.631. The predicted molar refractivity (Wildman–Crippen MR) is 128 cm³/mol. The molecule has 2 aromatic heterocycles. The van der Waals surface area contributed by atoms with Gasteiger partial charge in [0.15, 0.2) is 0 Å². The highest BCUT2D eigenvalue weighted by Crippen LogP contribution is 2.30. The molecule has 3 heterocycles. The molecule has 0 saturated carbocycles. The van der Waals surface area contributed by atoms with Crippen LogP contribution in [-0.4, -0.2) is 51.7 Å². The third-order valence-electron chi connectivity index (χ3n) is 5.80. The number of hydrogen-bond donors (Lipinski definition) is 1. The van der Waals surface area contributed by atoms with Crippen molar-refractivity contribution < 1.29 is 9.59 Å². The summed E-state index contributed by atoms with van der Waals surface area (Å²) in [5.41, 5.74) is 2.68. The molecule has 1 aliphatic heterocycles. The highest BCUT2D eigenvalue weighted by molar-refractivity contribution is 7.17. The molecule has 2 amide bonds. The van der Waals surface area contributed by atoms with Crippen LogP contribution in [0.3, 0.4) is 0 Å². The number of aromatic nitrogens is 2. The van der Waals surface area contributed by atoms with E-state index in [1.165, 1.54) is 16.2 Å². The highest BCUT2D eigenvalue weighted by Gasteiger charge is 2.34. The Morgan fingerprint density at radius 1 is 0.939 bits per heavy atom. The molecule has 7 nitrogen and oxygen atoms in total. The zero-order valence-corrected chi connectivity index (χ0v) is 18.9. The average molecular weight is 459 g/mol. The number of nitrogens with one attached hydrogen (secondary N) is 1. The maximum Gasteiger partial charge on any atom is 0.261 e. The number of carbonyl (C=O) groups is 2. The van der Waals surface area contributed by atoms with Crippen LogP contribution in [0.1, 0.15) is 33.0 Å². The second-order valence-electron chi connectivity index (χ2n) is 8.11. The van der Waals surface area contributed by atoms with Gasteiger partial charge in [-0.1, -0.05) is 42.5 Å². The molecule has 0 unspecified atom stereocenters. The number of aromatic amines is 1. The van der Waals surface area contributed by atoms with Gasteiger partial charge in [0.25, 0.3) is 17.4 Å². The first-order valence-electron chi connectivity index (χ1n) is 10.7. The van der Waals surface area contributed by atoms with Crippen LogP contribution in [0.2, 0.25) is 0 Å². The van der Waals surface area contributed by atoms with Gasteiger partial charge in [-0.25, -0.2) is 4.98 Å². The van der Waals surface area contributed by atoms with E-state index >= 15 is 0 Å². The molecule has 1 N–H and O–H groups in total. The Morgan fingerprint density at radius 3 is 2.30 bits per heavy atom. The summed E-state index contributed by atoms with van der Waals surface area (Å²) in [5, 5.41) is 2.58. The Labute approximate surface area is 194 Å². The van der Waals surface area contributed by atoms with Crippen molar-refractivity contribution in [1.29, 1.82) is 0 Å². The van der Waals surface area contributed by atoms with Gasteiger partial charge < -0.3 is 4.98 Å². The van der Waals surface area contributed by atoms with Gasteiger partial charge in [-0.05, 0) is 31.2 Å². The van der Waals surface area contributed by atoms with Gasteiger partial charge in [-0.3, -0.25) is 24.2 Å². The number of hydrogen-bond acceptors (Lipinski definition) is 6. The molecule has 8 heteroatoms. The van der Waals surface area contributed by atoms with Gasteiger partial charge in [0.1, 0.15) is 10.7 Å². The summed E-state index contributed by atoms with van der Waals surface area (Å²) < 4.78 is 0. The Morgan fingerprint density at radius 2 is 1.61 bits per heavy atom. The van der Waals surface area contributed by atoms with E-state index in [4.69, 9.17) is 0 Å². The van der Waals surface area contributed by atoms with Gasteiger partial charge in [0, 0.05) is 24.0 Å². The molecule has 166 valence electrons. The lowest BCUT2D eigenvalue weighted by atomic mass is 10.1. The second-order valence-corrected chi connectivity index (χ2v) is 8.97. The quantitative estimate of drug-likeness (QED) is 0.426. The number of imide groups is 1. The van der Waals surface area contributed by atoms with Crippen molar-refractivity contribution in [3.05, 3.63) is 87.3 Å². The van der Waals surface area contributed by atoms with Gasteiger partial charge in [0.05, 0.1) is 23.1 Å². The molecule has 33 heavy (non-hydrogen) atoms. The number of benzene rings is 2. The van der Waals surface area contributed by atoms with E-state index in [0.29, 0.717) is 53.2 Å². The van der Waals surface area contributed by atoms with Crippen molar-refractivity contribution >= 4 is 33.4 Å². The molecule has 0 bridgehead atoms. The van der Waals surface area contributed by atoms with Crippen LogP contribution in [0.5, 0.6) is 0 Å². The summed E-state index contributed by atoms with van der Waals surface area (Å²) in [6, 6.07) is 16.7. The van der Waals surface area contributed by atoms with E-state index in [-0.39, 0.29) is 17.4 Å². The Kier molecular flexibility index (Phi) is 5.62. The van der Waals surface area contributed by atoms with Crippen LogP contribution in [0.25, 0.3) is 21.3 Å². The molecule has 0 aliphatic carbocycles. The van der Waals surface area contributed by atoms with E-state index in [9.17, 15) is 14.4 Å². The van der Waals surface area contributed by atoms with Crippen LogP contribution in [0.4, 0.5) is 0 Å². The molecule has 1 aliphatic rings. The number of carbonyl (C=O) groups excluding carboxylic acids is 2. The van der Waals surface area contributed by atoms with Gasteiger partial charge in [-0.15, -0.1) is 11.3 Å². The zero-order valence-electron chi connectivity index (χ0n) is 18.1. The number of nitrogens with zero attached hydrogens (tertiary/aromatic N) is 3. The lowest BCUT2D eigenvalue weighted by Crippen LogP contribution is -2.33. The maximum absolute atomic E-state index is 12.8. The molecular weight excluding hydrogens is 436 g/mol. The Bertz CT molecular complexity index is 1380. The minimum Gasteiger partial charge on any atom is -0.309 e. The van der Waals surface area contributed by atoms with Crippen LogP contribution in [0.15, 0.2) is 64.8 Å². The Hall–Kier alpha value is -3.62. The van der Waals surface area contributed by atoms with E-state index in [1.807, 2.05) is 47.7 Å². The maximum atomic E-state index is 12.8. The number of thiophene rings is 1. The minimum atomic E-state index is -0.235. The van der Waals surface area contributed by atoms with Gasteiger partial charge in [0.2, 0.25) is 0 Å². The number of amides is 2. The average Bonchev–Trinajstić information content (AvgIpc) is 3.35. The molecule has 4 aromatic rings. The first-order valence-corrected chi connectivity index (χ1v) is 11.6. The molecule has 0 atom stereocenters. The summed E-state index contributed by atoms with van der Waals surface area (Å²) in [5.74, 6) is 0.125. The number of H-pyrrole nitrogens is 1. The third kappa shape index (κ3) is 3.99. The SMILES string of the molecule is CN(CCCN1C(=O)c2ccccc2C1=O)Cc1nc2scc(-c3ccccc3)c2c(=O)[nH]1. The summed E-state index contributed by atoms with van der Waals surface area (Å²) >= 11 is 1.46. The van der Waals surface area contributed by atoms with E-state index < -0.39 is 0 Å². The smallest absolute Gasteiger partial charge is 0.261 e. The van der Waals surface area contributed by atoms with Crippen molar-refractivity contribution in [1.82, 2.24) is 19.8 Å². The van der Waals surface area contributed by atoms with Crippen molar-refractivity contribution in [3.63, 3.8) is 0 Å². The van der Waals surface area contributed by atoms with Gasteiger partial charge in [-0.2, -0.15) is 0 Å². The first kappa shape index (κ1) is 21.2. The predicted octanol–water partition coefficient (Wildman–Crippen LogP) is 3.77. The molecule has 0 fully saturated rings. The van der Waals surface area contributed by atoms with Crippen LogP contribution in [0, 0.1) is 0 Å². The van der Waals surface area contributed by atoms with Crippen LogP contribution in [-0.2, 0) is 6.54 Å². The van der Waals surface area contributed by atoms with Crippen molar-refractivity contribution in [2.75, 3.05) is 20.1 Å². The number of fused-ring (bicyclic) bond motifs is 2. The molecule has 0 saturated heterocycles. The van der Waals surface area contributed by atoms with Gasteiger partial charge >= 0.3 is 0 Å². The Balaban J connectivity index is 1.23. The lowest BCUT2D eigenvalue weighted by Gasteiger charge is -2.18. The highest BCUT2D eigenvalue weighted by atomic mass is 32.1. The van der Waals surface area contributed by atoms with E-state index in [1.54, 1.807) is 24.3 Å². The van der Waals surface area contributed by atoms with Crippen molar-refractivity contribution in [3.8, 4) is 11.1 Å². The minimum absolute atomic E-state index is 0.144. The summed E-state index contributed by atoms with van der Waals surface area (Å²) in [6.45, 7) is 1.46. The van der Waals surface area contributed by atoms with Crippen molar-refractivity contribution in [2.45, 2.75) is 13.0 Å². The fourth-order valence-electron chi connectivity index (χ4n) is 4.17. The number of rotatable bonds is 7. The van der Waals surface area contributed by atoms with Crippen molar-refractivity contribution in [2.24, 2.45) is 0 Å². The molecule has 5 rings (SSSR count). The largest absolute Gasteiger partial charge is 0.309 e. The molecular formula is C25H22N4O3S. The fourth-order valence-corrected chi connectivity index (χ4v) is 5.14. The van der Waals surface area contributed by atoms with E-state index in [2.05, 4.69) is 9.97 Å².